The molecule has 6 heteroatoms. The molecular weight excluding hydrogens is 548 g/mol. The zero-order valence-corrected chi connectivity index (χ0v) is 26.0. The lowest BCUT2D eigenvalue weighted by Gasteiger charge is -2.41. The molecule has 6 nitrogen and oxygen atoms in total. The molecule has 0 spiro atoms. The first-order valence-electron chi connectivity index (χ1n) is 15.4. The molecule has 2 N–H and O–H groups in total. The Hall–Kier alpha value is -4.26. The maximum Gasteiger partial charge on any atom is 0.258 e. The first-order chi connectivity index (χ1) is 21.1. The van der Waals surface area contributed by atoms with Gasteiger partial charge in [0.2, 0.25) is 0 Å². The summed E-state index contributed by atoms with van der Waals surface area (Å²) in [5, 5.41) is 24.9. The van der Waals surface area contributed by atoms with Crippen LogP contribution >= 0.6 is 0 Å². The quantitative estimate of drug-likeness (QED) is 0.163. The lowest BCUT2D eigenvalue weighted by molar-refractivity contribution is -0.213. The fraction of sp³-hybridized carbons (Fsp3) is 0.316. The average molecular weight is 591 g/mol. The van der Waals surface area contributed by atoms with E-state index in [-0.39, 0.29) is 0 Å². The Morgan fingerprint density at radius 2 is 0.818 bits per heavy atom. The molecule has 1 aliphatic carbocycles. The lowest BCUT2D eigenvalue weighted by atomic mass is 9.84. The Morgan fingerprint density at radius 1 is 0.545 bits per heavy atom. The van der Waals surface area contributed by atoms with Crippen molar-refractivity contribution in [3.8, 4) is 0 Å². The average Bonchev–Trinajstić information content (AvgIpc) is 3.01. The van der Waals surface area contributed by atoms with Crippen LogP contribution in [0, 0.1) is 27.7 Å². The third-order valence-electron chi connectivity index (χ3n) is 8.77. The molecule has 0 saturated heterocycles. The second-order valence-corrected chi connectivity index (χ2v) is 12.3. The number of amides is 2. The van der Waals surface area contributed by atoms with E-state index >= 15 is 0 Å². The highest BCUT2D eigenvalue weighted by Gasteiger charge is 2.42. The molecule has 0 aliphatic heterocycles. The van der Waals surface area contributed by atoms with Crippen LogP contribution < -0.4 is 0 Å². The van der Waals surface area contributed by atoms with Gasteiger partial charge in [-0.15, -0.1) is 0 Å². The van der Waals surface area contributed by atoms with Crippen molar-refractivity contribution < 1.29 is 20.0 Å². The molecule has 0 aromatic heterocycles. The maximum atomic E-state index is 14.2. The third kappa shape index (κ3) is 6.77. The SMILES string of the molecule is Cc1cccc(C(C(=O)N(O)[C@@H]2CCCC[C@H]2N(O)C(=O)C(c2cccc(C)c2)c2cccc(C)c2)c2cccc(C)c2)c1. The van der Waals surface area contributed by atoms with Crippen LogP contribution in [0.25, 0.3) is 0 Å². The lowest BCUT2D eigenvalue weighted by Crippen LogP contribution is -2.56. The minimum absolute atomic E-state index is 0.463. The van der Waals surface area contributed by atoms with Gasteiger partial charge in [0.05, 0.1) is 23.9 Å². The van der Waals surface area contributed by atoms with E-state index in [0.717, 1.165) is 67.5 Å². The van der Waals surface area contributed by atoms with Gasteiger partial charge in [0.1, 0.15) is 0 Å². The highest BCUT2D eigenvalue weighted by molar-refractivity contribution is 5.88. The normalized spacial score (nSPS) is 16.6. The standard InChI is InChI=1S/C38H42N2O4/c1-25-11-7-15-29(21-25)35(30-16-8-12-26(2)22-30)37(41)39(43)33-19-5-6-20-34(33)40(44)38(42)36(31-17-9-13-27(3)23-31)32-18-10-14-28(4)24-32/h7-18,21-24,33-36,43-44H,5-6,19-20H2,1-4H3/t33-,34-/m1/s1. The van der Waals surface area contributed by atoms with E-state index in [9.17, 15) is 20.0 Å². The first kappa shape index (κ1) is 31.2. The topological polar surface area (TPSA) is 81.1 Å². The van der Waals surface area contributed by atoms with Crippen molar-refractivity contribution in [3.63, 3.8) is 0 Å². The number of aryl methyl sites for hydroxylation is 4. The molecule has 1 fully saturated rings. The van der Waals surface area contributed by atoms with Crippen molar-refractivity contribution in [2.75, 3.05) is 0 Å². The van der Waals surface area contributed by atoms with Crippen molar-refractivity contribution in [2.24, 2.45) is 0 Å². The number of nitrogens with zero attached hydrogens (tertiary/aromatic N) is 2. The molecule has 2 atom stereocenters. The molecule has 1 aliphatic rings. The first-order valence-corrected chi connectivity index (χ1v) is 15.4. The minimum Gasteiger partial charge on any atom is -0.286 e. The number of rotatable bonds is 8. The molecule has 5 rings (SSSR count). The van der Waals surface area contributed by atoms with Gasteiger partial charge in [-0.2, -0.15) is 0 Å². The molecule has 4 aromatic rings. The smallest absolute Gasteiger partial charge is 0.258 e. The van der Waals surface area contributed by atoms with Gasteiger partial charge in [0, 0.05) is 0 Å². The molecule has 44 heavy (non-hydrogen) atoms. The molecule has 2 amide bonds. The Labute approximate surface area is 260 Å². The van der Waals surface area contributed by atoms with E-state index in [4.69, 9.17) is 0 Å². The van der Waals surface area contributed by atoms with Crippen LogP contribution in [0.1, 0.15) is 82.0 Å². The third-order valence-corrected chi connectivity index (χ3v) is 8.77. The van der Waals surface area contributed by atoms with Gasteiger partial charge < -0.3 is 0 Å². The van der Waals surface area contributed by atoms with Gasteiger partial charge in [-0.1, -0.05) is 132 Å². The van der Waals surface area contributed by atoms with Crippen LogP contribution in [-0.4, -0.2) is 44.4 Å². The van der Waals surface area contributed by atoms with Crippen LogP contribution in [0.4, 0.5) is 0 Å². The fourth-order valence-corrected chi connectivity index (χ4v) is 6.61. The second kappa shape index (κ2) is 13.6. The summed E-state index contributed by atoms with van der Waals surface area (Å²) in [6, 6.07) is 29.5. The number of hydroxylamine groups is 4. The monoisotopic (exact) mass is 590 g/mol. The zero-order valence-electron chi connectivity index (χ0n) is 26.0. The van der Waals surface area contributed by atoms with Gasteiger partial charge in [-0.3, -0.25) is 20.0 Å². The zero-order chi connectivity index (χ0) is 31.4. The van der Waals surface area contributed by atoms with Crippen molar-refractivity contribution in [2.45, 2.75) is 77.3 Å². The van der Waals surface area contributed by atoms with E-state index in [1.165, 1.54) is 0 Å². The molecule has 228 valence electrons. The number of carbonyl (C=O) groups is 2. The predicted molar refractivity (Wildman–Crippen MR) is 172 cm³/mol. The van der Waals surface area contributed by atoms with E-state index < -0.39 is 35.7 Å². The molecule has 4 aromatic carbocycles. The highest BCUT2D eigenvalue weighted by atomic mass is 16.5. The number of benzene rings is 4. The number of hydrogen-bond acceptors (Lipinski definition) is 4. The summed E-state index contributed by atoms with van der Waals surface area (Å²) >= 11 is 0. The molecule has 1 saturated carbocycles. The Kier molecular flexibility index (Phi) is 9.62. The Morgan fingerprint density at radius 3 is 1.07 bits per heavy atom. The van der Waals surface area contributed by atoms with Crippen molar-refractivity contribution >= 4 is 11.8 Å². The van der Waals surface area contributed by atoms with Gasteiger partial charge in [0.25, 0.3) is 11.8 Å². The molecule has 0 heterocycles. The van der Waals surface area contributed by atoms with Crippen LogP contribution in [-0.2, 0) is 9.59 Å². The van der Waals surface area contributed by atoms with Crippen LogP contribution in [0.5, 0.6) is 0 Å². The summed E-state index contributed by atoms with van der Waals surface area (Å²) in [4.78, 5) is 28.5. The van der Waals surface area contributed by atoms with Crippen molar-refractivity contribution in [1.82, 2.24) is 10.1 Å². The van der Waals surface area contributed by atoms with Gasteiger partial charge in [0.15, 0.2) is 0 Å². The summed E-state index contributed by atoms with van der Waals surface area (Å²) in [6.45, 7) is 7.90. The Bertz CT molecular complexity index is 1420. The number of carbonyl (C=O) groups excluding carboxylic acids is 2. The molecule has 0 bridgehead atoms. The molecule has 0 radical (unpaired) electrons. The van der Waals surface area contributed by atoms with Gasteiger partial charge in [-0.05, 0) is 62.8 Å². The Balaban J connectivity index is 1.48. The van der Waals surface area contributed by atoms with E-state index in [1.54, 1.807) is 0 Å². The van der Waals surface area contributed by atoms with Crippen molar-refractivity contribution in [1.29, 1.82) is 0 Å². The van der Waals surface area contributed by atoms with Crippen LogP contribution in [0.15, 0.2) is 97.1 Å². The van der Waals surface area contributed by atoms with E-state index in [1.807, 2.05) is 125 Å². The summed E-state index contributed by atoms with van der Waals surface area (Å²) in [5.41, 5.74) is 7.17. The minimum atomic E-state index is -0.766. The second-order valence-electron chi connectivity index (χ2n) is 12.3. The fourth-order valence-electron chi connectivity index (χ4n) is 6.61. The van der Waals surface area contributed by atoms with E-state index in [2.05, 4.69) is 0 Å². The van der Waals surface area contributed by atoms with Gasteiger partial charge >= 0.3 is 0 Å². The summed E-state index contributed by atoms with van der Waals surface area (Å²) in [7, 11) is 0. The van der Waals surface area contributed by atoms with Crippen LogP contribution in [0.2, 0.25) is 0 Å². The highest BCUT2D eigenvalue weighted by Crippen LogP contribution is 2.35. The summed E-state index contributed by atoms with van der Waals surface area (Å²) < 4.78 is 0. The maximum absolute atomic E-state index is 14.2. The largest absolute Gasteiger partial charge is 0.286 e. The number of hydrogen-bond donors (Lipinski definition) is 2. The molecule has 0 unspecified atom stereocenters. The summed E-state index contributed by atoms with van der Waals surface area (Å²) in [6.07, 6.45) is 2.47. The van der Waals surface area contributed by atoms with Crippen LogP contribution in [0.3, 0.4) is 0 Å². The predicted octanol–water partition coefficient (Wildman–Crippen LogP) is 7.63. The molecular formula is C38H42N2O4. The van der Waals surface area contributed by atoms with E-state index in [0.29, 0.717) is 12.8 Å². The van der Waals surface area contributed by atoms with Crippen molar-refractivity contribution in [3.05, 3.63) is 142 Å². The summed E-state index contributed by atoms with van der Waals surface area (Å²) in [5.74, 6) is -2.43. The van der Waals surface area contributed by atoms with Gasteiger partial charge in [-0.25, -0.2) is 10.1 Å².